The third-order valence-electron chi connectivity index (χ3n) is 0.762. The Hall–Kier alpha value is -0.463. The van der Waals surface area contributed by atoms with E-state index in [0.717, 1.165) is 0 Å². The number of carbonyl (C=O) groups is 2. The molecule has 10 heavy (non-hydrogen) atoms. The van der Waals surface area contributed by atoms with Crippen molar-refractivity contribution in [3.05, 3.63) is 0 Å². The minimum absolute atomic E-state index is 0. The molecule has 0 radical (unpaired) electrons. The van der Waals surface area contributed by atoms with E-state index in [2.05, 4.69) is 0 Å². The van der Waals surface area contributed by atoms with Crippen LogP contribution < -0.4 is 29.1 Å². The van der Waals surface area contributed by atoms with Gasteiger partial charge >= 0.3 is 20.3 Å². The predicted molar refractivity (Wildman–Crippen MR) is 25.0 cm³/mol. The molecule has 0 amide bonds. The second kappa shape index (κ2) is 6.65. The first-order valence-electron chi connectivity index (χ1n) is 2.52. The molecule has 0 atom stereocenters. The van der Waals surface area contributed by atoms with E-state index in [-0.39, 0.29) is 39.5 Å². The standard InChI is InChI=1S/C5H8O4.Li/c6-4(7)2-1-3-5(8)9;/h1-3H2,(H,6,7)(H,8,9);/q;+1/p-1. The molecule has 0 aliphatic rings. The second-order valence-corrected chi connectivity index (χ2v) is 1.60. The SMILES string of the molecule is O=C([O-])CCCC(=O)[O-].[H+].[Li+]. The average Bonchev–Trinajstić information content (AvgIpc) is 1.63. The van der Waals surface area contributed by atoms with Crippen LogP contribution in [0.3, 0.4) is 0 Å². The van der Waals surface area contributed by atoms with Crippen LogP contribution in [0, 0.1) is 0 Å². The van der Waals surface area contributed by atoms with Gasteiger partial charge in [-0.25, -0.2) is 0 Å². The van der Waals surface area contributed by atoms with Gasteiger partial charge in [-0.15, -0.1) is 0 Å². The van der Waals surface area contributed by atoms with Gasteiger partial charge < -0.3 is 19.8 Å². The van der Waals surface area contributed by atoms with Crippen molar-refractivity contribution in [1.29, 1.82) is 0 Å². The molecule has 0 saturated carbocycles. The summed E-state index contributed by atoms with van der Waals surface area (Å²) in [7, 11) is 0. The van der Waals surface area contributed by atoms with Crippen LogP contribution in [0.2, 0.25) is 0 Å². The van der Waals surface area contributed by atoms with Crippen LogP contribution in [-0.2, 0) is 9.59 Å². The van der Waals surface area contributed by atoms with Crippen molar-refractivity contribution in [3.8, 4) is 0 Å². The largest absolute Gasteiger partial charge is 1.00 e. The van der Waals surface area contributed by atoms with E-state index in [4.69, 9.17) is 0 Å². The molecule has 0 aromatic carbocycles. The number of hydrogen-bond acceptors (Lipinski definition) is 4. The zero-order chi connectivity index (χ0) is 7.28. The van der Waals surface area contributed by atoms with Crippen molar-refractivity contribution in [2.75, 3.05) is 0 Å². The fraction of sp³-hybridized carbons (Fsp3) is 0.600. The van der Waals surface area contributed by atoms with Crippen molar-refractivity contribution in [2.24, 2.45) is 0 Å². The van der Waals surface area contributed by atoms with Crippen LogP contribution in [0.4, 0.5) is 0 Å². The predicted octanol–water partition coefficient (Wildman–Crippen LogP) is -5.23. The number of carbonyl (C=O) groups excluding carboxylic acids is 2. The first kappa shape index (κ1) is 12.2. The van der Waals surface area contributed by atoms with Gasteiger partial charge in [0.2, 0.25) is 0 Å². The Labute approximate surface area is 71.9 Å². The van der Waals surface area contributed by atoms with Crippen LogP contribution >= 0.6 is 0 Å². The summed E-state index contributed by atoms with van der Waals surface area (Å²) in [5, 5.41) is 19.3. The summed E-state index contributed by atoms with van der Waals surface area (Å²) in [6, 6.07) is 0. The Morgan fingerprint density at radius 2 is 1.40 bits per heavy atom. The van der Waals surface area contributed by atoms with Crippen LogP contribution in [-0.4, -0.2) is 11.9 Å². The van der Waals surface area contributed by atoms with E-state index in [1.54, 1.807) is 0 Å². The summed E-state index contributed by atoms with van der Waals surface area (Å²) >= 11 is 0. The van der Waals surface area contributed by atoms with E-state index < -0.39 is 11.9 Å². The molecule has 5 heteroatoms. The number of rotatable bonds is 4. The third-order valence-corrected chi connectivity index (χ3v) is 0.762. The van der Waals surface area contributed by atoms with Crippen LogP contribution in [0.25, 0.3) is 0 Å². The summed E-state index contributed by atoms with van der Waals surface area (Å²) in [6.45, 7) is 0. The average molecular weight is 138 g/mol. The Morgan fingerprint density at radius 3 is 1.60 bits per heavy atom. The second-order valence-electron chi connectivity index (χ2n) is 1.60. The molecule has 0 bridgehead atoms. The van der Waals surface area contributed by atoms with Gasteiger partial charge in [-0.3, -0.25) is 0 Å². The van der Waals surface area contributed by atoms with Crippen molar-refractivity contribution in [2.45, 2.75) is 19.3 Å². The maximum atomic E-state index is 9.66. The smallest absolute Gasteiger partial charge is 0.550 e. The third kappa shape index (κ3) is 10.5. The number of carboxylic acids is 2. The normalized spacial score (nSPS) is 8.00. The van der Waals surface area contributed by atoms with E-state index >= 15 is 0 Å². The molecule has 52 valence electrons. The summed E-state index contributed by atoms with van der Waals surface area (Å²) < 4.78 is 0. The Balaban J connectivity index is -0.000000320. The minimum atomic E-state index is -1.23. The molecule has 0 fully saturated rings. The van der Waals surface area contributed by atoms with Crippen LogP contribution in [0.1, 0.15) is 20.7 Å². The van der Waals surface area contributed by atoms with Gasteiger partial charge in [0.25, 0.3) is 0 Å². The molecule has 4 nitrogen and oxygen atoms in total. The quantitative estimate of drug-likeness (QED) is 0.363. The van der Waals surface area contributed by atoms with Gasteiger partial charge in [0, 0.05) is 11.9 Å². The maximum absolute atomic E-state index is 9.66. The van der Waals surface area contributed by atoms with Gasteiger partial charge in [0.05, 0.1) is 0 Å². The molecule has 0 spiro atoms. The number of carboxylic acid groups (broad SMARTS) is 2. The molecule has 0 N–H and O–H groups in total. The van der Waals surface area contributed by atoms with Crippen molar-refractivity contribution < 1.29 is 40.1 Å². The number of aliphatic carboxylic acids is 2. The molecular weight excluding hydrogens is 131 g/mol. The van der Waals surface area contributed by atoms with E-state index in [1.165, 1.54) is 0 Å². The van der Waals surface area contributed by atoms with Crippen molar-refractivity contribution in [3.63, 3.8) is 0 Å². The monoisotopic (exact) mass is 138 g/mol. The molecule has 0 heterocycles. The summed E-state index contributed by atoms with van der Waals surface area (Å²) in [6.07, 6.45) is -0.341. The Bertz CT molecular complexity index is 114. The molecular formula is C5H7LiO4. The van der Waals surface area contributed by atoms with Gasteiger partial charge in [-0.05, 0) is 19.3 Å². The summed E-state index contributed by atoms with van der Waals surface area (Å²) in [5.41, 5.74) is 0. The van der Waals surface area contributed by atoms with E-state index in [1.807, 2.05) is 0 Å². The van der Waals surface area contributed by atoms with Gasteiger partial charge in [-0.1, -0.05) is 0 Å². The molecule has 0 unspecified atom stereocenters. The first-order chi connectivity index (χ1) is 4.13. The fourth-order valence-electron chi connectivity index (χ4n) is 0.377. The topological polar surface area (TPSA) is 80.3 Å². The Kier molecular flexibility index (Phi) is 8.14. The zero-order valence-corrected chi connectivity index (χ0v) is 5.75. The number of hydrogen-bond donors (Lipinski definition) is 0. The zero-order valence-electron chi connectivity index (χ0n) is 6.75. The van der Waals surface area contributed by atoms with Crippen molar-refractivity contribution in [1.82, 2.24) is 0 Å². The van der Waals surface area contributed by atoms with E-state index in [0.29, 0.717) is 0 Å². The van der Waals surface area contributed by atoms with E-state index in [9.17, 15) is 19.8 Å². The maximum Gasteiger partial charge on any atom is 1.00 e. The molecule has 0 aliphatic heterocycles. The van der Waals surface area contributed by atoms with Gasteiger partial charge in [-0.2, -0.15) is 0 Å². The van der Waals surface area contributed by atoms with Gasteiger partial charge in [0.15, 0.2) is 0 Å². The molecule has 0 aromatic heterocycles. The fourth-order valence-corrected chi connectivity index (χ4v) is 0.377. The van der Waals surface area contributed by atoms with Gasteiger partial charge in [0.1, 0.15) is 0 Å². The Morgan fingerprint density at radius 1 is 1.10 bits per heavy atom. The molecule has 0 rings (SSSR count). The van der Waals surface area contributed by atoms with Crippen LogP contribution in [0.5, 0.6) is 0 Å². The molecule has 0 saturated heterocycles. The minimum Gasteiger partial charge on any atom is -0.550 e. The summed E-state index contributed by atoms with van der Waals surface area (Å²) in [4.78, 5) is 19.3. The summed E-state index contributed by atoms with van der Waals surface area (Å²) in [5.74, 6) is -2.45. The molecule has 0 aromatic rings. The van der Waals surface area contributed by atoms with Crippen molar-refractivity contribution >= 4 is 11.9 Å². The van der Waals surface area contributed by atoms with Crippen LogP contribution in [0.15, 0.2) is 0 Å². The molecule has 0 aliphatic carbocycles. The first-order valence-corrected chi connectivity index (χ1v) is 2.52.